The number of thioether (sulfide) groups is 1. The van der Waals surface area contributed by atoms with E-state index in [0.717, 1.165) is 30.0 Å². The Kier molecular flexibility index (Phi) is 5.19. The van der Waals surface area contributed by atoms with Crippen molar-refractivity contribution in [3.05, 3.63) is 48.0 Å². The molecule has 0 aliphatic carbocycles. The van der Waals surface area contributed by atoms with Crippen LogP contribution in [0, 0.1) is 17.6 Å². The van der Waals surface area contributed by atoms with E-state index in [9.17, 15) is 28.5 Å². The molecule has 1 aliphatic heterocycles. The van der Waals surface area contributed by atoms with Crippen molar-refractivity contribution in [3.63, 3.8) is 0 Å². The number of benzene rings is 1. The number of hydrogen-bond acceptors (Lipinski definition) is 6. The Labute approximate surface area is 145 Å². The molecule has 0 radical (unpaired) electrons. The van der Waals surface area contributed by atoms with E-state index in [-0.39, 0.29) is 16.9 Å². The summed E-state index contributed by atoms with van der Waals surface area (Å²) in [6.07, 6.45) is -2.91. The maximum absolute atomic E-state index is 14.0. The predicted octanol–water partition coefficient (Wildman–Crippen LogP) is 1.70. The molecule has 9 heteroatoms. The summed E-state index contributed by atoms with van der Waals surface area (Å²) in [6, 6.07) is 4.53. The van der Waals surface area contributed by atoms with Gasteiger partial charge in [0.05, 0.1) is 6.10 Å². The summed E-state index contributed by atoms with van der Waals surface area (Å²) in [5.74, 6) is -3.69. The van der Waals surface area contributed by atoms with E-state index >= 15 is 0 Å². The first-order valence-corrected chi connectivity index (χ1v) is 8.35. The molecule has 1 aromatic heterocycles. The number of hydrogen-bond donors (Lipinski definition) is 3. The standard InChI is InChI=1S/C16H14F3NO4S/c17-9-3-8(7-1-2-20-12(18)5-7)4-11(13(9)19)24-16-15(23)14(22)10(21)6-25-16/h1-5,10,14-16,21-23H,6H2/t10-,14+,15-,16+/m1/s1. The van der Waals surface area contributed by atoms with Crippen molar-refractivity contribution in [2.24, 2.45) is 0 Å². The maximum atomic E-state index is 14.0. The molecule has 3 rings (SSSR count). The Morgan fingerprint density at radius 2 is 1.80 bits per heavy atom. The van der Waals surface area contributed by atoms with Gasteiger partial charge in [-0.05, 0) is 29.3 Å². The van der Waals surface area contributed by atoms with Gasteiger partial charge in [-0.1, -0.05) is 0 Å². The molecule has 1 saturated heterocycles. The SMILES string of the molecule is O[C@@H]1[C@@H](O)[C@@H](Oc2cc(-c3ccnc(F)c3)cc(F)c2F)SC[C@H]1O. The van der Waals surface area contributed by atoms with E-state index < -0.39 is 47.1 Å². The smallest absolute Gasteiger partial charge is 0.213 e. The quantitative estimate of drug-likeness (QED) is 0.711. The molecule has 0 bridgehead atoms. The number of pyridine rings is 1. The van der Waals surface area contributed by atoms with Gasteiger partial charge < -0.3 is 20.1 Å². The Bertz CT molecular complexity index is 779. The van der Waals surface area contributed by atoms with Gasteiger partial charge in [0, 0.05) is 18.0 Å². The molecular formula is C16H14F3NO4S. The summed E-state index contributed by atoms with van der Waals surface area (Å²) >= 11 is 0.955. The van der Waals surface area contributed by atoms with E-state index in [1.165, 1.54) is 12.3 Å². The van der Waals surface area contributed by atoms with E-state index in [1.54, 1.807) is 0 Å². The fourth-order valence-corrected chi connectivity index (χ4v) is 3.52. The second-order valence-corrected chi connectivity index (χ2v) is 6.64. The Hall–Kier alpha value is -1.81. The molecule has 1 fully saturated rings. The highest BCUT2D eigenvalue weighted by atomic mass is 32.2. The van der Waals surface area contributed by atoms with Crippen LogP contribution in [0.15, 0.2) is 30.5 Å². The van der Waals surface area contributed by atoms with Crippen molar-refractivity contribution in [1.29, 1.82) is 0 Å². The van der Waals surface area contributed by atoms with Crippen LogP contribution >= 0.6 is 11.8 Å². The number of aliphatic hydroxyl groups is 3. The average molecular weight is 373 g/mol. The van der Waals surface area contributed by atoms with E-state index in [2.05, 4.69) is 4.98 Å². The van der Waals surface area contributed by atoms with Gasteiger partial charge >= 0.3 is 0 Å². The Morgan fingerprint density at radius 3 is 2.52 bits per heavy atom. The number of halogens is 3. The number of aliphatic hydroxyl groups excluding tert-OH is 3. The average Bonchev–Trinajstić information content (AvgIpc) is 2.59. The van der Waals surface area contributed by atoms with Gasteiger partial charge in [-0.2, -0.15) is 8.78 Å². The van der Waals surface area contributed by atoms with Crippen LogP contribution in [0.5, 0.6) is 5.75 Å². The molecule has 134 valence electrons. The molecule has 4 atom stereocenters. The van der Waals surface area contributed by atoms with Gasteiger partial charge in [0.25, 0.3) is 0 Å². The second kappa shape index (κ2) is 7.20. The van der Waals surface area contributed by atoms with E-state index in [1.807, 2.05) is 0 Å². The molecule has 2 aromatic rings. The first-order valence-electron chi connectivity index (χ1n) is 7.30. The van der Waals surface area contributed by atoms with Crippen LogP contribution in [0.4, 0.5) is 13.2 Å². The van der Waals surface area contributed by atoms with Crippen LogP contribution in [0.25, 0.3) is 11.1 Å². The zero-order valence-corrected chi connectivity index (χ0v) is 13.5. The largest absolute Gasteiger partial charge is 0.474 e. The maximum Gasteiger partial charge on any atom is 0.213 e. The van der Waals surface area contributed by atoms with Crippen LogP contribution in [0.1, 0.15) is 0 Å². The molecule has 0 spiro atoms. The molecule has 0 unspecified atom stereocenters. The van der Waals surface area contributed by atoms with Crippen molar-refractivity contribution in [1.82, 2.24) is 4.98 Å². The van der Waals surface area contributed by atoms with E-state index in [0.29, 0.717) is 0 Å². The number of ether oxygens (including phenoxy) is 1. The molecule has 2 heterocycles. The van der Waals surface area contributed by atoms with Crippen LogP contribution in [-0.2, 0) is 0 Å². The lowest BCUT2D eigenvalue weighted by atomic mass is 10.1. The van der Waals surface area contributed by atoms with Crippen molar-refractivity contribution in [2.75, 3.05) is 5.75 Å². The molecule has 0 amide bonds. The lowest BCUT2D eigenvalue weighted by molar-refractivity contribution is -0.0790. The predicted molar refractivity (Wildman–Crippen MR) is 84.4 cm³/mol. The zero-order chi connectivity index (χ0) is 18.1. The minimum absolute atomic E-state index is 0.0578. The number of aromatic nitrogens is 1. The molecule has 3 N–H and O–H groups in total. The summed E-state index contributed by atoms with van der Waals surface area (Å²) < 4.78 is 46.5. The van der Waals surface area contributed by atoms with Gasteiger partial charge in [-0.25, -0.2) is 9.37 Å². The summed E-state index contributed by atoms with van der Waals surface area (Å²) in [6.45, 7) is 0. The van der Waals surface area contributed by atoms with Crippen molar-refractivity contribution in [3.8, 4) is 16.9 Å². The topological polar surface area (TPSA) is 82.8 Å². The van der Waals surface area contributed by atoms with Crippen LogP contribution in [0.2, 0.25) is 0 Å². The molecule has 0 saturated carbocycles. The van der Waals surface area contributed by atoms with Crippen molar-refractivity contribution < 1.29 is 33.2 Å². The highest BCUT2D eigenvalue weighted by molar-refractivity contribution is 7.99. The third kappa shape index (κ3) is 3.74. The third-order valence-electron chi connectivity index (χ3n) is 3.75. The van der Waals surface area contributed by atoms with Gasteiger partial charge in [0.1, 0.15) is 12.2 Å². The van der Waals surface area contributed by atoms with Gasteiger partial charge in [-0.15, -0.1) is 11.8 Å². The zero-order valence-electron chi connectivity index (χ0n) is 12.6. The van der Waals surface area contributed by atoms with E-state index in [4.69, 9.17) is 4.74 Å². The highest BCUT2D eigenvalue weighted by Gasteiger charge is 2.39. The van der Waals surface area contributed by atoms with Crippen LogP contribution in [0.3, 0.4) is 0 Å². The van der Waals surface area contributed by atoms with Crippen LogP contribution < -0.4 is 4.74 Å². The van der Waals surface area contributed by atoms with Gasteiger partial charge in [-0.3, -0.25) is 0 Å². The van der Waals surface area contributed by atoms with Crippen molar-refractivity contribution in [2.45, 2.75) is 23.7 Å². The lowest BCUT2D eigenvalue weighted by Gasteiger charge is -2.34. The molecular weight excluding hydrogens is 359 g/mol. The van der Waals surface area contributed by atoms with Crippen LogP contribution in [-0.4, -0.2) is 49.8 Å². The minimum Gasteiger partial charge on any atom is -0.474 e. The highest BCUT2D eigenvalue weighted by Crippen LogP contribution is 2.34. The number of nitrogens with zero attached hydrogens (tertiary/aromatic N) is 1. The summed E-state index contributed by atoms with van der Waals surface area (Å²) in [4.78, 5) is 3.39. The first-order chi connectivity index (χ1) is 11.9. The monoisotopic (exact) mass is 373 g/mol. The van der Waals surface area contributed by atoms with Gasteiger partial charge in [0.2, 0.25) is 11.8 Å². The molecule has 1 aliphatic rings. The molecule has 25 heavy (non-hydrogen) atoms. The fraction of sp³-hybridized carbons (Fsp3) is 0.312. The summed E-state index contributed by atoms with van der Waals surface area (Å²) in [5, 5.41) is 29.1. The summed E-state index contributed by atoms with van der Waals surface area (Å²) in [5.41, 5.74) is -0.675. The minimum atomic E-state index is -1.49. The Morgan fingerprint density at radius 1 is 1.04 bits per heavy atom. The molecule has 5 nitrogen and oxygen atoms in total. The first kappa shape index (κ1) is 18.0. The van der Waals surface area contributed by atoms with Crippen molar-refractivity contribution >= 4 is 11.8 Å². The van der Waals surface area contributed by atoms with Gasteiger partial charge in [0.15, 0.2) is 17.0 Å². The number of rotatable bonds is 3. The normalized spacial score (nSPS) is 26.5. The lowest BCUT2D eigenvalue weighted by Crippen LogP contribution is -2.50. The fourth-order valence-electron chi connectivity index (χ4n) is 2.41. The third-order valence-corrected chi connectivity index (χ3v) is 4.99. The summed E-state index contributed by atoms with van der Waals surface area (Å²) in [7, 11) is 0. The molecule has 1 aromatic carbocycles. The Balaban J connectivity index is 1.91. The second-order valence-electron chi connectivity index (χ2n) is 5.51.